The molecule has 0 aliphatic carbocycles. The highest BCUT2D eigenvalue weighted by atomic mass is 35.5. The molecule has 0 bridgehead atoms. The highest BCUT2D eigenvalue weighted by Crippen LogP contribution is 2.41. The lowest BCUT2D eigenvalue weighted by Crippen LogP contribution is -2.10. The number of anilines is 1. The maximum absolute atomic E-state index is 12.9. The van der Waals surface area contributed by atoms with Crippen LogP contribution >= 0.6 is 11.6 Å². The minimum atomic E-state index is -0.314. The second-order valence-corrected chi connectivity index (χ2v) is 8.43. The summed E-state index contributed by atoms with van der Waals surface area (Å²) in [5.74, 6) is 1.63. The number of amides is 1. The molecule has 1 heterocycles. The van der Waals surface area contributed by atoms with E-state index >= 15 is 0 Å². The number of nitrogens with one attached hydrogen (secondary N) is 1. The van der Waals surface area contributed by atoms with Crippen molar-refractivity contribution in [3.63, 3.8) is 0 Å². The standard InChI is InChI=1S/C28H26ClNO5/c1-16(12-26(31)30-24-13-19(29)8-11-25(24)33-4)21-14-22-23(18-6-9-20(32-3)10-7-18)15-35-28(22)17(2)27(21)34-5/h6-15H,1-5H3,(H,30,31)/b16-12+. The molecule has 0 fully saturated rings. The summed E-state index contributed by atoms with van der Waals surface area (Å²) in [5.41, 5.74) is 5.53. The minimum Gasteiger partial charge on any atom is -0.497 e. The summed E-state index contributed by atoms with van der Waals surface area (Å²) >= 11 is 6.09. The van der Waals surface area contributed by atoms with Crippen LogP contribution in [-0.2, 0) is 4.79 Å². The number of rotatable bonds is 7. The van der Waals surface area contributed by atoms with Gasteiger partial charge in [-0.3, -0.25) is 4.79 Å². The number of carbonyl (C=O) groups is 1. The van der Waals surface area contributed by atoms with Crippen LogP contribution in [0.2, 0.25) is 5.02 Å². The molecule has 1 amide bonds. The zero-order valence-corrected chi connectivity index (χ0v) is 20.9. The molecule has 0 unspecified atom stereocenters. The lowest BCUT2D eigenvalue weighted by Gasteiger charge is -2.14. The van der Waals surface area contributed by atoms with Crippen molar-refractivity contribution >= 4 is 39.7 Å². The van der Waals surface area contributed by atoms with Crippen molar-refractivity contribution in [2.24, 2.45) is 0 Å². The Morgan fingerprint density at radius 1 is 1.00 bits per heavy atom. The molecular weight excluding hydrogens is 466 g/mol. The Labute approximate surface area is 209 Å². The quantitative estimate of drug-likeness (QED) is 0.278. The van der Waals surface area contributed by atoms with Crippen LogP contribution in [0.1, 0.15) is 18.1 Å². The third-order valence-corrected chi connectivity index (χ3v) is 6.08. The predicted molar refractivity (Wildman–Crippen MR) is 140 cm³/mol. The van der Waals surface area contributed by atoms with E-state index in [0.29, 0.717) is 22.2 Å². The molecule has 1 aromatic heterocycles. The summed E-state index contributed by atoms with van der Waals surface area (Å²) in [4.78, 5) is 12.9. The average Bonchev–Trinajstić information content (AvgIpc) is 3.28. The van der Waals surface area contributed by atoms with Crippen molar-refractivity contribution in [2.75, 3.05) is 26.6 Å². The summed E-state index contributed by atoms with van der Waals surface area (Å²) < 4.78 is 22.2. The number of fused-ring (bicyclic) bond motifs is 1. The Kier molecular flexibility index (Phi) is 7.03. The fraction of sp³-hybridized carbons (Fsp3) is 0.179. The molecule has 0 spiro atoms. The van der Waals surface area contributed by atoms with Crippen LogP contribution < -0.4 is 19.5 Å². The normalized spacial score (nSPS) is 11.4. The first-order valence-corrected chi connectivity index (χ1v) is 11.3. The van der Waals surface area contributed by atoms with Gasteiger partial charge in [-0.05, 0) is 61.4 Å². The number of benzene rings is 3. The molecule has 0 atom stereocenters. The largest absolute Gasteiger partial charge is 0.497 e. The van der Waals surface area contributed by atoms with E-state index in [1.54, 1.807) is 38.7 Å². The molecule has 180 valence electrons. The van der Waals surface area contributed by atoms with Gasteiger partial charge in [-0.15, -0.1) is 0 Å². The van der Waals surface area contributed by atoms with Crippen LogP contribution in [0.4, 0.5) is 5.69 Å². The van der Waals surface area contributed by atoms with E-state index in [1.807, 2.05) is 44.2 Å². The first-order valence-electron chi connectivity index (χ1n) is 10.9. The summed E-state index contributed by atoms with van der Waals surface area (Å²) in [5, 5.41) is 4.26. The summed E-state index contributed by atoms with van der Waals surface area (Å²) in [7, 11) is 4.78. The topological polar surface area (TPSA) is 69.9 Å². The second-order valence-electron chi connectivity index (χ2n) is 8.00. The highest BCUT2D eigenvalue weighted by Gasteiger charge is 2.19. The third kappa shape index (κ3) is 4.84. The van der Waals surface area contributed by atoms with Gasteiger partial charge in [0.1, 0.15) is 22.8 Å². The number of halogens is 1. The van der Waals surface area contributed by atoms with Crippen LogP contribution in [0.3, 0.4) is 0 Å². The Morgan fingerprint density at radius 2 is 1.74 bits per heavy atom. The van der Waals surface area contributed by atoms with Gasteiger partial charge in [0.2, 0.25) is 5.91 Å². The lowest BCUT2D eigenvalue weighted by molar-refractivity contribution is -0.111. The fourth-order valence-corrected chi connectivity index (χ4v) is 4.26. The van der Waals surface area contributed by atoms with Crippen molar-refractivity contribution in [1.29, 1.82) is 0 Å². The molecule has 0 aliphatic heterocycles. The first-order chi connectivity index (χ1) is 16.9. The van der Waals surface area contributed by atoms with Gasteiger partial charge in [-0.2, -0.15) is 0 Å². The predicted octanol–water partition coefficient (Wildman–Crippen LogP) is 7.13. The molecule has 0 saturated heterocycles. The smallest absolute Gasteiger partial charge is 0.248 e. The molecule has 0 aliphatic rings. The molecule has 35 heavy (non-hydrogen) atoms. The third-order valence-electron chi connectivity index (χ3n) is 5.84. The van der Waals surface area contributed by atoms with Crippen LogP contribution in [0.15, 0.2) is 65.3 Å². The number of allylic oxidation sites excluding steroid dienone is 1. The Morgan fingerprint density at radius 3 is 2.40 bits per heavy atom. The molecule has 3 aromatic carbocycles. The van der Waals surface area contributed by atoms with E-state index in [1.165, 1.54) is 13.2 Å². The van der Waals surface area contributed by atoms with E-state index in [2.05, 4.69) is 5.32 Å². The van der Waals surface area contributed by atoms with E-state index in [0.717, 1.165) is 44.5 Å². The number of hydrogen-bond donors (Lipinski definition) is 1. The molecule has 4 rings (SSSR count). The SMILES string of the molecule is COc1ccc(-c2coc3c(C)c(OC)c(/C(C)=C/C(=O)Nc4cc(Cl)ccc4OC)cc23)cc1. The number of hydrogen-bond acceptors (Lipinski definition) is 5. The zero-order chi connectivity index (χ0) is 25.1. The van der Waals surface area contributed by atoms with Crippen LogP contribution in [-0.4, -0.2) is 27.2 Å². The Bertz CT molecular complexity index is 1420. The van der Waals surface area contributed by atoms with Crippen LogP contribution in [0, 0.1) is 6.92 Å². The molecule has 0 saturated carbocycles. The highest BCUT2D eigenvalue weighted by molar-refractivity contribution is 6.31. The fourth-order valence-electron chi connectivity index (χ4n) is 4.09. The van der Waals surface area contributed by atoms with Crippen LogP contribution in [0.5, 0.6) is 17.2 Å². The minimum absolute atomic E-state index is 0.314. The van der Waals surface area contributed by atoms with Gasteiger partial charge in [0.15, 0.2) is 0 Å². The monoisotopic (exact) mass is 491 g/mol. The molecule has 6 nitrogen and oxygen atoms in total. The van der Waals surface area contributed by atoms with Crippen molar-refractivity contribution in [3.05, 3.63) is 77.0 Å². The number of methoxy groups -OCH3 is 3. The van der Waals surface area contributed by atoms with Gasteiger partial charge in [-0.1, -0.05) is 23.7 Å². The summed E-state index contributed by atoms with van der Waals surface area (Å²) in [6, 6.07) is 14.8. The lowest BCUT2D eigenvalue weighted by atomic mass is 9.96. The van der Waals surface area contributed by atoms with Gasteiger partial charge < -0.3 is 23.9 Å². The maximum atomic E-state index is 12.9. The number of furan rings is 1. The molecule has 4 aromatic rings. The maximum Gasteiger partial charge on any atom is 0.248 e. The van der Waals surface area contributed by atoms with E-state index in [-0.39, 0.29) is 5.91 Å². The Hall–Kier alpha value is -3.90. The first kappa shape index (κ1) is 24.2. The summed E-state index contributed by atoms with van der Waals surface area (Å²) in [6.45, 7) is 3.81. The second kappa shape index (κ2) is 10.2. The molecule has 7 heteroatoms. The van der Waals surface area contributed by atoms with Gasteiger partial charge in [0.25, 0.3) is 0 Å². The van der Waals surface area contributed by atoms with Gasteiger partial charge in [0, 0.05) is 33.2 Å². The van der Waals surface area contributed by atoms with Crippen molar-refractivity contribution in [1.82, 2.24) is 0 Å². The van der Waals surface area contributed by atoms with Gasteiger partial charge >= 0.3 is 0 Å². The summed E-state index contributed by atoms with van der Waals surface area (Å²) in [6.07, 6.45) is 3.26. The van der Waals surface area contributed by atoms with E-state index in [4.69, 9.17) is 30.2 Å². The van der Waals surface area contributed by atoms with Crippen molar-refractivity contribution < 1.29 is 23.4 Å². The van der Waals surface area contributed by atoms with Gasteiger partial charge in [-0.25, -0.2) is 0 Å². The van der Waals surface area contributed by atoms with E-state index in [9.17, 15) is 4.79 Å². The number of aryl methyl sites for hydroxylation is 1. The van der Waals surface area contributed by atoms with Crippen molar-refractivity contribution in [3.8, 4) is 28.4 Å². The number of carbonyl (C=O) groups excluding carboxylic acids is 1. The molecular formula is C28H26ClNO5. The van der Waals surface area contributed by atoms with E-state index < -0.39 is 0 Å². The molecule has 1 N–H and O–H groups in total. The van der Waals surface area contributed by atoms with Crippen LogP contribution in [0.25, 0.3) is 27.7 Å². The average molecular weight is 492 g/mol. The zero-order valence-electron chi connectivity index (χ0n) is 20.2. The van der Waals surface area contributed by atoms with Gasteiger partial charge in [0.05, 0.1) is 33.3 Å². The molecule has 0 radical (unpaired) electrons. The number of ether oxygens (including phenoxy) is 3. The Balaban J connectivity index is 1.75. The van der Waals surface area contributed by atoms with Crippen molar-refractivity contribution in [2.45, 2.75) is 13.8 Å².